The molecule has 0 saturated carbocycles. The second-order valence-electron chi connectivity index (χ2n) is 6.52. The smallest absolute Gasteiger partial charge is 0.410 e. The topological polar surface area (TPSA) is 146 Å². The minimum absolute atomic E-state index is 0.132. The lowest BCUT2D eigenvalue weighted by Gasteiger charge is -2.10. The van der Waals surface area contributed by atoms with Gasteiger partial charge in [0.15, 0.2) is 10.7 Å². The average molecular weight is 508 g/mol. The van der Waals surface area contributed by atoms with Crippen molar-refractivity contribution in [3.05, 3.63) is 60.2 Å². The van der Waals surface area contributed by atoms with Crippen LogP contribution in [0.15, 0.2) is 64.8 Å². The van der Waals surface area contributed by atoms with E-state index in [0.29, 0.717) is 17.3 Å². The van der Waals surface area contributed by atoms with Crippen molar-refractivity contribution < 1.29 is 43.9 Å². The Labute approximate surface area is 187 Å². The van der Waals surface area contributed by atoms with E-state index in [1.165, 1.54) is 6.07 Å². The van der Waals surface area contributed by atoms with E-state index in [4.69, 9.17) is 13.9 Å². The van der Waals surface area contributed by atoms with Crippen molar-refractivity contribution in [2.24, 2.45) is 5.16 Å². The van der Waals surface area contributed by atoms with Crippen LogP contribution in [0.1, 0.15) is 18.9 Å². The molecule has 3 rings (SSSR count). The van der Waals surface area contributed by atoms with Crippen molar-refractivity contribution in [1.82, 2.24) is 4.98 Å². The summed E-state index contributed by atoms with van der Waals surface area (Å²) in [5.41, 5.74) is -1.34. The molecule has 0 bridgehead atoms. The van der Waals surface area contributed by atoms with Gasteiger partial charge in [0.2, 0.25) is 0 Å². The molecule has 0 atom stereocenters. The van der Waals surface area contributed by atoms with E-state index < -0.39 is 37.7 Å². The van der Waals surface area contributed by atoms with Crippen LogP contribution in [0.5, 0.6) is 5.75 Å². The number of halogens is 3. The SMILES string of the molecule is CCCS(=O)(=O)O.O=S(=O)(Oc1ccc(C(=NO)C(F)(F)F)cc1)c1cc2ccccc2[nH]1. The minimum atomic E-state index is -4.85. The summed E-state index contributed by atoms with van der Waals surface area (Å²) >= 11 is 0. The number of aromatic nitrogens is 1. The first-order valence-electron chi connectivity index (χ1n) is 9.14. The van der Waals surface area contributed by atoms with Crippen LogP contribution < -0.4 is 4.18 Å². The van der Waals surface area contributed by atoms with Crippen molar-refractivity contribution in [1.29, 1.82) is 0 Å². The molecular weight excluding hydrogens is 489 g/mol. The zero-order valence-corrected chi connectivity index (χ0v) is 18.6. The van der Waals surface area contributed by atoms with E-state index in [9.17, 15) is 30.0 Å². The molecule has 180 valence electrons. The predicted octanol–water partition coefficient (Wildman–Crippen LogP) is 3.96. The first kappa shape index (κ1) is 26.2. The molecule has 0 spiro atoms. The number of hydrogen-bond acceptors (Lipinski definition) is 7. The standard InChI is InChI=1S/C16H11F3N2O4S.C3H8O3S/c17-16(18,19)15(21-22)10-5-7-12(8-6-10)25-26(23,24)14-9-11-3-1-2-4-13(11)20-14;1-2-3-7(4,5)6/h1-9,20,22H;2-3H2,1H3,(H,4,5,6). The lowest BCUT2D eigenvalue weighted by atomic mass is 10.1. The molecule has 0 aliphatic rings. The summed E-state index contributed by atoms with van der Waals surface area (Å²) in [6.07, 6.45) is -4.38. The van der Waals surface area contributed by atoms with Gasteiger partial charge >= 0.3 is 16.3 Å². The molecule has 0 aliphatic carbocycles. The van der Waals surface area contributed by atoms with Gasteiger partial charge in [-0.3, -0.25) is 4.55 Å². The van der Waals surface area contributed by atoms with Crippen molar-refractivity contribution in [2.45, 2.75) is 24.5 Å². The van der Waals surface area contributed by atoms with E-state index in [1.54, 1.807) is 31.2 Å². The Morgan fingerprint density at radius 1 is 1.06 bits per heavy atom. The number of para-hydroxylation sites is 1. The normalized spacial score (nSPS) is 12.8. The maximum absolute atomic E-state index is 12.7. The molecule has 3 aromatic rings. The van der Waals surface area contributed by atoms with Gasteiger partial charge in [-0.05, 0) is 42.8 Å². The van der Waals surface area contributed by atoms with Crippen LogP contribution >= 0.6 is 0 Å². The summed E-state index contributed by atoms with van der Waals surface area (Å²) in [4.78, 5) is 2.70. The summed E-state index contributed by atoms with van der Waals surface area (Å²) in [6, 6.07) is 12.2. The lowest BCUT2D eigenvalue weighted by Crippen LogP contribution is -2.24. The number of nitrogens with zero attached hydrogens (tertiary/aromatic N) is 1. The molecule has 9 nitrogen and oxygen atoms in total. The van der Waals surface area contributed by atoms with E-state index in [2.05, 4.69) is 10.1 Å². The van der Waals surface area contributed by atoms with Crippen LogP contribution in [0.25, 0.3) is 10.9 Å². The number of fused-ring (bicyclic) bond motifs is 1. The Hall–Kier alpha value is -3.10. The maximum atomic E-state index is 12.7. The number of rotatable bonds is 6. The first-order chi connectivity index (χ1) is 15.3. The van der Waals surface area contributed by atoms with Crippen LogP contribution in [-0.4, -0.2) is 49.2 Å². The summed E-state index contributed by atoms with van der Waals surface area (Å²) in [5.74, 6) is -0.320. The van der Waals surface area contributed by atoms with E-state index >= 15 is 0 Å². The summed E-state index contributed by atoms with van der Waals surface area (Å²) in [7, 11) is -7.87. The summed E-state index contributed by atoms with van der Waals surface area (Å²) in [6.45, 7) is 1.69. The molecule has 33 heavy (non-hydrogen) atoms. The molecule has 1 aromatic heterocycles. The molecule has 0 aliphatic heterocycles. The molecule has 0 unspecified atom stereocenters. The Morgan fingerprint density at radius 3 is 2.12 bits per heavy atom. The number of oxime groups is 1. The third kappa shape index (κ3) is 7.47. The zero-order chi connectivity index (χ0) is 24.9. The monoisotopic (exact) mass is 508 g/mol. The van der Waals surface area contributed by atoms with Crippen LogP contribution in [0.4, 0.5) is 13.2 Å². The van der Waals surface area contributed by atoms with Gasteiger partial charge in [0.25, 0.3) is 10.1 Å². The van der Waals surface area contributed by atoms with Crippen molar-refractivity contribution in [2.75, 3.05) is 5.75 Å². The van der Waals surface area contributed by atoms with Gasteiger partial charge in [-0.25, -0.2) is 0 Å². The zero-order valence-electron chi connectivity index (χ0n) is 16.9. The molecule has 0 amide bonds. The number of benzene rings is 2. The highest BCUT2D eigenvalue weighted by Crippen LogP contribution is 2.26. The number of alkyl halides is 3. The molecule has 1 heterocycles. The third-order valence-electron chi connectivity index (χ3n) is 3.94. The lowest BCUT2D eigenvalue weighted by molar-refractivity contribution is -0.0601. The van der Waals surface area contributed by atoms with Gasteiger partial charge in [-0.15, -0.1) is 0 Å². The van der Waals surface area contributed by atoms with Crippen molar-refractivity contribution in [3.63, 3.8) is 0 Å². The fourth-order valence-electron chi connectivity index (χ4n) is 2.56. The quantitative estimate of drug-likeness (QED) is 0.150. The molecule has 0 saturated heterocycles. The fraction of sp³-hybridized carbons (Fsp3) is 0.211. The second kappa shape index (κ2) is 10.2. The highest BCUT2D eigenvalue weighted by molar-refractivity contribution is 7.87. The Bertz CT molecular complexity index is 1300. The van der Waals surface area contributed by atoms with Crippen LogP contribution in [0, 0.1) is 0 Å². The van der Waals surface area contributed by atoms with E-state index in [0.717, 1.165) is 24.3 Å². The predicted molar refractivity (Wildman–Crippen MR) is 114 cm³/mol. The number of H-pyrrole nitrogens is 1. The highest BCUT2D eigenvalue weighted by atomic mass is 32.2. The molecule has 0 radical (unpaired) electrons. The molecule has 2 aromatic carbocycles. The molecule has 14 heteroatoms. The highest BCUT2D eigenvalue weighted by Gasteiger charge is 2.37. The van der Waals surface area contributed by atoms with Gasteiger partial charge in [0.1, 0.15) is 5.75 Å². The first-order valence-corrected chi connectivity index (χ1v) is 12.2. The van der Waals surface area contributed by atoms with Crippen LogP contribution in [0.2, 0.25) is 0 Å². The largest absolute Gasteiger partial charge is 0.437 e. The molecule has 0 fully saturated rings. The van der Waals surface area contributed by atoms with Gasteiger partial charge < -0.3 is 14.4 Å². The second-order valence-corrected chi connectivity index (χ2v) is 9.60. The van der Waals surface area contributed by atoms with Crippen molar-refractivity contribution >= 4 is 36.9 Å². The number of aromatic amines is 1. The van der Waals surface area contributed by atoms with Gasteiger partial charge in [-0.2, -0.15) is 30.0 Å². The number of nitrogens with one attached hydrogen (secondary N) is 1. The molecular formula is C19H19F3N2O7S2. The summed E-state index contributed by atoms with van der Waals surface area (Å²) in [5, 5.41) is 11.2. The van der Waals surface area contributed by atoms with Gasteiger partial charge in [0.05, 0.1) is 5.75 Å². The fourth-order valence-corrected chi connectivity index (χ4v) is 4.03. The third-order valence-corrected chi connectivity index (χ3v) is 6.03. The summed E-state index contributed by atoms with van der Waals surface area (Å²) < 4.78 is 95.1. The van der Waals surface area contributed by atoms with Gasteiger partial charge in [0, 0.05) is 16.5 Å². The number of hydrogen-bond donors (Lipinski definition) is 3. The Balaban J connectivity index is 0.000000479. The molecule has 3 N–H and O–H groups in total. The Morgan fingerprint density at radius 2 is 1.67 bits per heavy atom. The maximum Gasteiger partial charge on any atom is 0.437 e. The average Bonchev–Trinajstić information content (AvgIpc) is 3.13. The Kier molecular flexibility index (Phi) is 8.11. The van der Waals surface area contributed by atoms with Crippen molar-refractivity contribution in [3.8, 4) is 5.75 Å². The minimum Gasteiger partial charge on any atom is -0.410 e. The van der Waals surface area contributed by atoms with E-state index in [1.807, 2.05) is 0 Å². The van der Waals surface area contributed by atoms with Gasteiger partial charge in [-0.1, -0.05) is 30.3 Å². The van der Waals surface area contributed by atoms with E-state index in [-0.39, 0.29) is 16.5 Å². The van der Waals surface area contributed by atoms with Crippen LogP contribution in [0.3, 0.4) is 0 Å². The van der Waals surface area contributed by atoms with Crippen LogP contribution in [-0.2, 0) is 20.2 Å².